The van der Waals surface area contributed by atoms with E-state index >= 15 is 0 Å². The van der Waals surface area contributed by atoms with E-state index in [1.807, 2.05) is 31.6 Å². The van der Waals surface area contributed by atoms with Crippen LogP contribution in [0.15, 0.2) is 23.8 Å². The van der Waals surface area contributed by atoms with Crippen LogP contribution in [0.3, 0.4) is 0 Å². The van der Waals surface area contributed by atoms with Crippen molar-refractivity contribution in [2.24, 2.45) is 5.73 Å². The number of nitrogens with zero attached hydrogens (tertiary/aromatic N) is 5. The van der Waals surface area contributed by atoms with E-state index in [2.05, 4.69) is 20.5 Å². The van der Waals surface area contributed by atoms with Crippen molar-refractivity contribution in [2.75, 3.05) is 5.32 Å². The van der Waals surface area contributed by atoms with Gasteiger partial charge in [-0.25, -0.2) is 4.68 Å². The van der Waals surface area contributed by atoms with Gasteiger partial charge in [0.15, 0.2) is 0 Å². The van der Waals surface area contributed by atoms with E-state index < -0.39 is 11.9 Å². The Bertz CT molecular complexity index is 740. The summed E-state index contributed by atoms with van der Waals surface area (Å²) in [6, 6.07) is -0.401. The number of nitrogens with one attached hydrogen (secondary N) is 1. The molecule has 0 unspecified atom stereocenters. The fraction of sp³-hybridized carbons (Fsp3) is 0.385. The zero-order valence-corrected chi connectivity index (χ0v) is 12.2. The second kappa shape index (κ2) is 4.72. The lowest BCUT2D eigenvalue weighted by molar-refractivity contribution is -0.115. The second-order valence-electron chi connectivity index (χ2n) is 4.98. The zero-order valence-electron chi connectivity index (χ0n) is 12.2. The van der Waals surface area contributed by atoms with Gasteiger partial charge in [0, 0.05) is 24.0 Å². The van der Waals surface area contributed by atoms with Crippen molar-refractivity contribution in [2.45, 2.75) is 33.4 Å². The molecule has 0 radical (unpaired) electrons. The van der Waals surface area contributed by atoms with Gasteiger partial charge < -0.3 is 11.1 Å². The molecule has 3 heterocycles. The van der Waals surface area contributed by atoms with Crippen molar-refractivity contribution in [3.05, 3.63) is 35.1 Å². The number of carbonyl (C=O) groups excluding carboxylic acids is 1. The van der Waals surface area contributed by atoms with Crippen LogP contribution >= 0.6 is 0 Å². The summed E-state index contributed by atoms with van der Waals surface area (Å²) >= 11 is 0. The Balaban J connectivity index is 2.21. The Hall–Kier alpha value is -2.64. The van der Waals surface area contributed by atoms with Crippen molar-refractivity contribution < 1.29 is 4.79 Å². The van der Waals surface area contributed by atoms with Crippen molar-refractivity contribution in [3.8, 4) is 0 Å². The molecule has 0 saturated heterocycles. The van der Waals surface area contributed by atoms with Gasteiger partial charge in [-0.15, -0.1) is 0 Å². The lowest BCUT2D eigenvalue weighted by atomic mass is 9.96. The van der Waals surface area contributed by atoms with Crippen LogP contribution in [0.25, 0.3) is 0 Å². The van der Waals surface area contributed by atoms with E-state index in [0.29, 0.717) is 17.2 Å². The number of aryl methyl sites for hydroxylation is 2. The van der Waals surface area contributed by atoms with Gasteiger partial charge in [0.25, 0.3) is 0 Å². The molecule has 1 atom stereocenters. The molecule has 2 aromatic heterocycles. The van der Waals surface area contributed by atoms with Gasteiger partial charge in [-0.3, -0.25) is 9.48 Å². The number of anilines is 1. The molecular weight excluding hydrogens is 270 g/mol. The highest BCUT2D eigenvalue weighted by atomic mass is 16.1. The van der Waals surface area contributed by atoms with Gasteiger partial charge in [-0.1, -0.05) is 0 Å². The zero-order chi connectivity index (χ0) is 15.1. The van der Waals surface area contributed by atoms with Crippen LogP contribution in [0.5, 0.6) is 0 Å². The maximum Gasteiger partial charge on any atom is 0.248 e. The molecule has 1 aliphatic rings. The average molecular weight is 287 g/mol. The van der Waals surface area contributed by atoms with E-state index in [1.165, 1.54) is 6.33 Å². The van der Waals surface area contributed by atoms with Crippen LogP contribution < -0.4 is 11.1 Å². The molecule has 0 aliphatic carbocycles. The van der Waals surface area contributed by atoms with Crippen LogP contribution in [-0.2, 0) is 11.3 Å². The highest BCUT2D eigenvalue weighted by molar-refractivity contribution is 5.95. The molecule has 2 aromatic rings. The summed E-state index contributed by atoms with van der Waals surface area (Å²) in [4.78, 5) is 16.1. The summed E-state index contributed by atoms with van der Waals surface area (Å²) in [5, 5.41) is 11.7. The monoisotopic (exact) mass is 287 g/mol. The number of fused-ring (bicyclic) bond motifs is 1. The van der Waals surface area contributed by atoms with Crippen molar-refractivity contribution in [3.63, 3.8) is 0 Å². The van der Waals surface area contributed by atoms with E-state index in [1.54, 1.807) is 4.68 Å². The molecule has 8 heteroatoms. The Morgan fingerprint density at radius 2 is 2.24 bits per heavy atom. The summed E-state index contributed by atoms with van der Waals surface area (Å²) in [5.41, 5.74) is 8.49. The van der Waals surface area contributed by atoms with Gasteiger partial charge in [0.05, 0.1) is 11.3 Å². The first-order chi connectivity index (χ1) is 10.0. The lowest BCUT2D eigenvalue weighted by Crippen LogP contribution is -2.32. The first-order valence-corrected chi connectivity index (χ1v) is 6.74. The highest BCUT2D eigenvalue weighted by Gasteiger charge is 2.34. The molecule has 1 aliphatic heterocycles. The fourth-order valence-corrected chi connectivity index (χ4v) is 2.66. The number of aromatic nitrogens is 5. The van der Waals surface area contributed by atoms with Crippen LogP contribution in [0.2, 0.25) is 0 Å². The third-order valence-electron chi connectivity index (χ3n) is 3.66. The summed E-state index contributed by atoms with van der Waals surface area (Å²) in [6.07, 6.45) is 3.37. The van der Waals surface area contributed by atoms with Crippen LogP contribution in [0.1, 0.15) is 31.1 Å². The molecule has 0 saturated carbocycles. The molecule has 0 spiro atoms. The van der Waals surface area contributed by atoms with Gasteiger partial charge in [-0.2, -0.15) is 15.2 Å². The smallest absolute Gasteiger partial charge is 0.248 e. The molecule has 8 nitrogen and oxygen atoms in total. The number of carbonyl (C=O) groups is 1. The minimum Gasteiger partial charge on any atom is -0.366 e. The Kier molecular flexibility index (Phi) is 3.00. The van der Waals surface area contributed by atoms with Crippen molar-refractivity contribution >= 4 is 11.9 Å². The second-order valence-corrected chi connectivity index (χ2v) is 4.98. The summed E-state index contributed by atoms with van der Waals surface area (Å²) in [5.74, 6) is 0.112. The number of hydrogen-bond donors (Lipinski definition) is 2. The third kappa shape index (κ3) is 1.99. The Morgan fingerprint density at radius 1 is 1.48 bits per heavy atom. The maximum atomic E-state index is 11.9. The van der Waals surface area contributed by atoms with Crippen LogP contribution in [0.4, 0.5) is 5.95 Å². The molecule has 0 fully saturated rings. The topological polar surface area (TPSA) is 104 Å². The van der Waals surface area contributed by atoms with Crippen LogP contribution in [0, 0.1) is 6.92 Å². The Morgan fingerprint density at radius 3 is 2.86 bits per heavy atom. The van der Waals surface area contributed by atoms with Gasteiger partial charge in [0.1, 0.15) is 12.4 Å². The molecule has 1 amide bonds. The standard InChI is InChI=1S/C13H17N7O/c1-4-19-5-9(7(2)18-19)11-10(12(14)21)8(3)17-13-15-6-16-20(11)13/h5-6,11H,4H2,1-3H3,(H2,14,21)(H,15,16,17)/t11-/m1/s1. The third-order valence-corrected chi connectivity index (χ3v) is 3.66. The molecule has 0 aromatic carbocycles. The highest BCUT2D eigenvalue weighted by Crippen LogP contribution is 2.35. The molecule has 21 heavy (non-hydrogen) atoms. The number of amides is 1. The van der Waals surface area contributed by atoms with Gasteiger partial charge in [0.2, 0.25) is 11.9 Å². The van der Waals surface area contributed by atoms with E-state index in [4.69, 9.17) is 5.73 Å². The summed E-state index contributed by atoms with van der Waals surface area (Å²) in [6.45, 7) is 6.49. The summed E-state index contributed by atoms with van der Waals surface area (Å²) < 4.78 is 3.49. The van der Waals surface area contributed by atoms with Crippen LogP contribution in [-0.4, -0.2) is 30.5 Å². The SMILES string of the molecule is CCn1cc([C@@H]2C(C(N)=O)=C(C)Nc3ncnn32)c(C)n1. The molecule has 110 valence electrons. The molecule has 0 bridgehead atoms. The number of nitrogens with two attached hydrogens (primary N) is 1. The fourth-order valence-electron chi connectivity index (χ4n) is 2.66. The number of hydrogen-bond acceptors (Lipinski definition) is 5. The minimum absolute atomic E-state index is 0.401. The number of allylic oxidation sites excluding steroid dienone is 1. The van der Waals surface area contributed by atoms with Crippen molar-refractivity contribution in [1.82, 2.24) is 24.5 Å². The average Bonchev–Trinajstić information content (AvgIpc) is 3.02. The number of rotatable bonds is 3. The maximum absolute atomic E-state index is 11.9. The van der Waals surface area contributed by atoms with Gasteiger partial charge >= 0.3 is 0 Å². The van der Waals surface area contributed by atoms with Crippen molar-refractivity contribution in [1.29, 1.82) is 0 Å². The molecule has 3 N–H and O–H groups in total. The normalized spacial score (nSPS) is 17.6. The first kappa shape index (κ1) is 13.3. The Labute approximate surface area is 121 Å². The van der Waals surface area contributed by atoms with E-state index in [-0.39, 0.29) is 0 Å². The first-order valence-electron chi connectivity index (χ1n) is 6.74. The summed E-state index contributed by atoms with van der Waals surface area (Å²) in [7, 11) is 0. The number of primary amides is 1. The van der Waals surface area contributed by atoms with E-state index in [0.717, 1.165) is 17.8 Å². The van der Waals surface area contributed by atoms with Gasteiger partial charge in [-0.05, 0) is 20.8 Å². The lowest BCUT2D eigenvalue weighted by Gasteiger charge is -2.27. The molecule has 3 rings (SSSR count). The predicted octanol–water partition coefficient (Wildman–Crippen LogP) is 0.577. The predicted molar refractivity (Wildman–Crippen MR) is 76.3 cm³/mol. The quantitative estimate of drug-likeness (QED) is 0.859. The largest absolute Gasteiger partial charge is 0.366 e. The molecular formula is C13H17N7O. The minimum atomic E-state index is -0.477. The van der Waals surface area contributed by atoms with E-state index in [9.17, 15) is 4.79 Å².